The molecule has 1 aliphatic heterocycles. The van der Waals surface area contributed by atoms with Gasteiger partial charge in [-0.3, -0.25) is 9.69 Å². The van der Waals surface area contributed by atoms with Crippen LogP contribution in [0.1, 0.15) is 41.6 Å². The second kappa shape index (κ2) is 6.50. The molecule has 144 valence electrons. The average molecular weight is 402 g/mol. The van der Waals surface area contributed by atoms with Gasteiger partial charge in [-0.1, -0.05) is 61.8 Å². The Kier molecular flexibility index (Phi) is 4.04. The zero-order chi connectivity index (χ0) is 20.2. The smallest absolute Gasteiger partial charge is 0.258 e. The number of hydrogen-bond acceptors (Lipinski definition) is 2. The van der Waals surface area contributed by atoms with Crippen molar-refractivity contribution in [3.8, 4) is 0 Å². The molecule has 1 amide bonds. The molecule has 0 saturated carbocycles. The van der Waals surface area contributed by atoms with Gasteiger partial charge in [0.1, 0.15) is 17.4 Å². The van der Waals surface area contributed by atoms with E-state index in [0.29, 0.717) is 10.6 Å². The van der Waals surface area contributed by atoms with Gasteiger partial charge in [0, 0.05) is 27.1 Å². The zero-order valence-electron chi connectivity index (χ0n) is 16.2. The van der Waals surface area contributed by atoms with E-state index in [1.165, 1.54) is 0 Å². The third-order valence-corrected chi connectivity index (χ3v) is 6.08. The second-order valence-electron chi connectivity index (χ2n) is 8.01. The lowest BCUT2D eigenvalue weighted by Crippen LogP contribution is -2.37. The van der Waals surface area contributed by atoms with Crippen molar-refractivity contribution in [2.45, 2.75) is 25.3 Å². The molecule has 1 aliphatic rings. The predicted octanol–water partition coefficient (Wildman–Crippen LogP) is 6.77. The average Bonchev–Trinajstić information content (AvgIpc) is 3.24. The molecule has 1 unspecified atom stereocenters. The van der Waals surface area contributed by atoms with Crippen LogP contribution in [0.25, 0.3) is 11.0 Å². The molecule has 4 heteroatoms. The summed E-state index contributed by atoms with van der Waals surface area (Å²) in [5.41, 5.74) is 3.17. The van der Waals surface area contributed by atoms with Gasteiger partial charge in [0.05, 0.1) is 0 Å². The van der Waals surface area contributed by atoms with E-state index in [9.17, 15) is 4.79 Å². The summed E-state index contributed by atoms with van der Waals surface area (Å²) in [5, 5.41) is 1.64. The maximum absolute atomic E-state index is 13.6. The summed E-state index contributed by atoms with van der Waals surface area (Å²) in [6, 6.07) is 24.9. The third-order valence-electron chi connectivity index (χ3n) is 5.82. The molecule has 1 atom stereocenters. The number of hydrogen-bond donors (Lipinski definition) is 0. The number of para-hydroxylation sites is 2. The van der Waals surface area contributed by atoms with Gasteiger partial charge in [-0.25, -0.2) is 0 Å². The fourth-order valence-electron chi connectivity index (χ4n) is 4.42. The molecule has 4 aromatic rings. The Bertz CT molecular complexity index is 1190. The van der Waals surface area contributed by atoms with Gasteiger partial charge in [-0.2, -0.15) is 0 Å². The maximum Gasteiger partial charge on any atom is 0.258 e. The highest BCUT2D eigenvalue weighted by molar-refractivity contribution is 6.30. The first-order valence-corrected chi connectivity index (χ1v) is 10.0. The summed E-state index contributed by atoms with van der Waals surface area (Å²) in [5.74, 6) is 0.722. The Hall–Kier alpha value is -3.04. The van der Waals surface area contributed by atoms with Crippen molar-refractivity contribution in [3.63, 3.8) is 0 Å². The quantitative estimate of drug-likeness (QED) is 0.371. The van der Waals surface area contributed by atoms with Crippen molar-refractivity contribution in [3.05, 3.63) is 101 Å². The molecule has 0 saturated heterocycles. The molecular weight excluding hydrogens is 382 g/mol. The van der Waals surface area contributed by atoms with Crippen molar-refractivity contribution < 1.29 is 9.21 Å². The standard InChI is InChI=1S/C25H20ClNO2/c1-25(2)19-8-4-5-9-20(19)27(24(28)16-11-13-18(26)14-12-16)23(25)22-15-17-7-3-6-10-21(17)29-22/h3-15,23H,1-2H3. The van der Waals surface area contributed by atoms with Gasteiger partial charge in [-0.15, -0.1) is 0 Å². The molecule has 0 radical (unpaired) electrons. The minimum atomic E-state index is -0.313. The third kappa shape index (κ3) is 2.77. The summed E-state index contributed by atoms with van der Waals surface area (Å²) >= 11 is 6.03. The largest absolute Gasteiger partial charge is 0.459 e. The lowest BCUT2D eigenvalue weighted by Gasteiger charge is -2.31. The SMILES string of the molecule is CC1(C)c2ccccc2N(C(=O)c2ccc(Cl)cc2)C1c1cc2ccccc2o1. The predicted molar refractivity (Wildman–Crippen MR) is 117 cm³/mol. The Morgan fingerprint density at radius 3 is 2.41 bits per heavy atom. The molecule has 3 aromatic carbocycles. The van der Waals surface area contributed by atoms with Crippen LogP contribution >= 0.6 is 11.6 Å². The molecule has 0 N–H and O–H groups in total. The molecule has 2 heterocycles. The van der Waals surface area contributed by atoms with E-state index in [4.69, 9.17) is 16.0 Å². The first-order valence-electron chi connectivity index (χ1n) is 9.64. The fraction of sp³-hybridized carbons (Fsp3) is 0.160. The topological polar surface area (TPSA) is 33.5 Å². The monoisotopic (exact) mass is 401 g/mol. The van der Waals surface area contributed by atoms with Gasteiger partial charge in [0.15, 0.2) is 0 Å². The van der Waals surface area contributed by atoms with Crippen LogP contribution < -0.4 is 4.90 Å². The minimum Gasteiger partial charge on any atom is -0.459 e. The van der Waals surface area contributed by atoms with E-state index in [2.05, 4.69) is 26.0 Å². The van der Waals surface area contributed by atoms with Crippen molar-refractivity contribution in [2.75, 3.05) is 4.90 Å². The van der Waals surface area contributed by atoms with Crippen LogP contribution in [0.4, 0.5) is 5.69 Å². The van der Waals surface area contributed by atoms with E-state index < -0.39 is 0 Å². The van der Waals surface area contributed by atoms with Crippen LogP contribution in [-0.2, 0) is 5.41 Å². The highest BCUT2D eigenvalue weighted by atomic mass is 35.5. The number of fused-ring (bicyclic) bond motifs is 2. The Labute approximate surface area is 174 Å². The van der Waals surface area contributed by atoms with E-state index >= 15 is 0 Å². The molecule has 0 spiro atoms. The van der Waals surface area contributed by atoms with E-state index in [1.54, 1.807) is 24.3 Å². The number of nitrogens with zero attached hydrogens (tertiary/aromatic N) is 1. The summed E-state index contributed by atoms with van der Waals surface area (Å²) < 4.78 is 6.24. The van der Waals surface area contributed by atoms with Crippen molar-refractivity contribution in [2.24, 2.45) is 0 Å². The minimum absolute atomic E-state index is 0.0647. The summed E-state index contributed by atoms with van der Waals surface area (Å²) in [7, 11) is 0. The van der Waals surface area contributed by atoms with Crippen molar-refractivity contribution >= 4 is 34.2 Å². The van der Waals surface area contributed by atoms with Crippen LogP contribution in [0, 0.1) is 0 Å². The van der Waals surface area contributed by atoms with Crippen molar-refractivity contribution in [1.82, 2.24) is 0 Å². The number of anilines is 1. The first-order chi connectivity index (χ1) is 14.0. The normalized spacial score (nSPS) is 17.5. The fourth-order valence-corrected chi connectivity index (χ4v) is 4.54. The van der Waals surface area contributed by atoms with E-state index in [1.807, 2.05) is 47.4 Å². The Balaban J connectivity index is 1.70. The molecular formula is C25H20ClNO2. The van der Waals surface area contributed by atoms with Crippen LogP contribution in [0.5, 0.6) is 0 Å². The Morgan fingerprint density at radius 1 is 0.966 bits per heavy atom. The molecule has 1 aromatic heterocycles. The summed E-state index contributed by atoms with van der Waals surface area (Å²) in [4.78, 5) is 15.5. The van der Waals surface area contributed by atoms with Gasteiger partial charge in [0.25, 0.3) is 5.91 Å². The maximum atomic E-state index is 13.6. The molecule has 29 heavy (non-hydrogen) atoms. The lowest BCUT2D eigenvalue weighted by molar-refractivity contribution is 0.0967. The number of furan rings is 1. The number of benzene rings is 3. The lowest BCUT2D eigenvalue weighted by atomic mass is 9.79. The number of halogens is 1. The van der Waals surface area contributed by atoms with Crippen LogP contribution in [0.15, 0.2) is 83.3 Å². The molecule has 5 rings (SSSR count). The Morgan fingerprint density at radius 2 is 1.66 bits per heavy atom. The number of carbonyl (C=O) groups excluding carboxylic acids is 1. The number of rotatable bonds is 2. The van der Waals surface area contributed by atoms with E-state index in [-0.39, 0.29) is 17.4 Å². The van der Waals surface area contributed by atoms with Gasteiger partial charge in [0.2, 0.25) is 0 Å². The van der Waals surface area contributed by atoms with Gasteiger partial charge < -0.3 is 4.42 Å². The first kappa shape index (κ1) is 18.0. The summed E-state index contributed by atoms with van der Waals surface area (Å²) in [6.45, 7) is 4.33. The van der Waals surface area contributed by atoms with Crippen molar-refractivity contribution in [1.29, 1.82) is 0 Å². The second-order valence-corrected chi connectivity index (χ2v) is 8.45. The summed E-state index contributed by atoms with van der Waals surface area (Å²) in [6.07, 6.45) is 0. The highest BCUT2D eigenvalue weighted by Crippen LogP contribution is 2.53. The van der Waals surface area contributed by atoms with Crippen LogP contribution in [0.2, 0.25) is 5.02 Å². The molecule has 0 bridgehead atoms. The number of amides is 1. The van der Waals surface area contributed by atoms with Crippen LogP contribution in [0.3, 0.4) is 0 Å². The molecule has 0 fully saturated rings. The highest BCUT2D eigenvalue weighted by Gasteiger charge is 2.49. The number of carbonyl (C=O) groups is 1. The van der Waals surface area contributed by atoms with Gasteiger partial charge >= 0.3 is 0 Å². The molecule has 0 aliphatic carbocycles. The molecule has 3 nitrogen and oxygen atoms in total. The zero-order valence-corrected chi connectivity index (χ0v) is 17.0. The van der Waals surface area contributed by atoms with Crippen LogP contribution in [-0.4, -0.2) is 5.91 Å². The van der Waals surface area contributed by atoms with E-state index in [0.717, 1.165) is 28.0 Å². The van der Waals surface area contributed by atoms with Gasteiger partial charge in [-0.05, 0) is 48.0 Å².